The Morgan fingerprint density at radius 2 is 2.06 bits per heavy atom. The lowest BCUT2D eigenvalue weighted by molar-refractivity contribution is 0.0697. The van der Waals surface area contributed by atoms with E-state index in [4.69, 9.17) is 9.52 Å². The van der Waals surface area contributed by atoms with E-state index in [-0.39, 0.29) is 17.0 Å². The van der Waals surface area contributed by atoms with Crippen molar-refractivity contribution in [3.63, 3.8) is 0 Å². The molecule has 1 amide bonds. The summed E-state index contributed by atoms with van der Waals surface area (Å²) in [6, 6.07) is 6.03. The minimum absolute atomic E-state index is 0.00491. The zero-order valence-corrected chi connectivity index (χ0v) is 9.01. The van der Waals surface area contributed by atoms with E-state index in [1.54, 1.807) is 0 Å². The Balaban J connectivity index is 2.29. The van der Waals surface area contributed by atoms with Gasteiger partial charge in [0, 0.05) is 0 Å². The normalized spacial score (nSPS) is 10.1. The zero-order chi connectivity index (χ0) is 13.1. The first-order valence-electron chi connectivity index (χ1n) is 4.95. The van der Waals surface area contributed by atoms with Gasteiger partial charge in [-0.3, -0.25) is 4.79 Å². The smallest absolute Gasteiger partial charge is 0.337 e. The van der Waals surface area contributed by atoms with Crippen molar-refractivity contribution in [1.29, 1.82) is 0 Å². The third-order valence-corrected chi connectivity index (χ3v) is 2.21. The fourth-order valence-electron chi connectivity index (χ4n) is 1.39. The molecule has 92 valence electrons. The van der Waals surface area contributed by atoms with Gasteiger partial charge >= 0.3 is 5.97 Å². The number of amides is 1. The second kappa shape index (κ2) is 4.70. The molecule has 0 aliphatic rings. The molecule has 0 saturated carbocycles. The van der Waals surface area contributed by atoms with Crippen molar-refractivity contribution in [2.24, 2.45) is 0 Å². The van der Waals surface area contributed by atoms with Crippen LogP contribution in [-0.2, 0) is 0 Å². The van der Waals surface area contributed by atoms with Crippen molar-refractivity contribution in [1.82, 2.24) is 0 Å². The number of hydrogen-bond acceptors (Lipinski definition) is 3. The third kappa shape index (κ3) is 2.37. The van der Waals surface area contributed by atoms with Crippen LogP contribution in [0.25, 0.3) is 0 Å². The highest BCUT2D eigenvalue weighted by molar-refractivity contribution is 6.06. The second-order valence-corrected chi connectivity index (χ2v) is 3.43. The quantitative estimate of drug-likeness (QED) is 0.875. The summed E-state index contributed by atoms with van der Waals surface area (Å²) in [5.74, 6) is -2.59. The Hall–Kier alpha value is -2.63. The topological polar surface area (TPSA) is 79.5 Å². The van der Waals surface area contributed by atoms with Gasteiger partial charge in [-0.15, -0.1) is 0 Å². The van der Waals surface area contributed by atoms with E-state index in [0.29, 0.717) is 0 Å². The molecule has 1 heterocycles. The van der Waals surface area contributed by atoms with E-state index < -0.39 is 17.7 Å². The molecule has 0 saturated heterocycles. The van der Waals surface area contributed by atoms with E-state index >= 15 is 0 Å². The predicted octanol–water partition coefficient (Wildman–Crippen LogP) is 2.37. The molecule has 5 nitrogen and oxygen atoms in total. The average molecular weight is 249 g/mol. The van der Waals surface area contributed by atoms with Gasteiger partial charge in [-0.1, -0.05) is 0 Å². The number of aromatic carboxylic acids is 1. The van der Waals surface area contributed by atoms with Gasteiger partial charge in [0.15, 0.2) is 5.76 Å². The summed E-state index contributed by atoms with van der Waals surface area (Å²) in [4.78, 5) is 22.5. The minimum Gasteiger partial charge on any atom is -0.478 e. The first kappa shape index (κ1) is 11.8. The highest BCUT2D eigenvalue weighted by Crippen LogP contribution is 2.18. The van der Waals surface area contributed by atoms with E-state index in [9.17, 15) is 14.0 Å². The zero-order valence-electron chi connectivity index (χ0n) is 9.01. The number of hydrogen-bond donors (Lipinski definition) is 2. The Labute approximate surface area is 101 Å². The van der Waals surface area contributed by atoms with Gasteiger partial charge in [-0.2, -0.15) is 0 Å². The molecule has 1 aromatic heterocycles. The van der Waals surface area contributed by atoms with Crippen LogP contribution in [-0.4, -0.2) is 17.0 Å². The molecule has 0 spiro atoms. The van der Waals surface area contributed by atoms with Gasteiger partial charge in [-0.25, -0.2) is 9.18 Å². The van der Waals surface area contributed by atoms with Crippen LogP contribution < -0.4 is 5.32 Å². The molecule has 18 heavy (non-hydrogen) atoms. The average Bonchev–Trinajstić information content (AvgIpc) is 2.84. The molecule has 2 N–H and O–H groups in total. The van der Waals surface area contributed by atoms with E-state index in [1.807, 2.05) is 0 Å². The summed E-state index contributed by atoms with van der Waals surface area (Å²) in [7, 11) is 0. The van der Waals surface area contributed by atoms with Crippen LogP contribution in [0.15, 0.2) is 41.0 Å². The molecule has 0 aliphatic heterocycles. The minimum atomic E-state index is -1.33. The third-order valence-electron chi connectivity index (χ3n) is 2.21. The number of rotatable bonds is 3. The molecular formula is C12H8FNO4. The number of carbonyl (C=O) groups excluding carboxylic acids is 1. The van der Waals surface area contributed by atoms with Gasteiger partial charge in [0.1, 0.15) is 5.82 Å². The van der Waals surface area contributed by atoms with Crippen LogP contribution in [0.4, 0.5) is 10.1 Å². The van der Waals surface area contributed by atoms with Crippen molar-refractivity contribution in [3.8, 4) is 0 Å². The van der Waals surface area contributed by atoms with Gasteiger partial charge in [-0.05, 0) is 30.3 Å². The predicted molar refractivity (Wildman–Crippen MR) is 60.0 cm³/mol. The highest BCUT2D eigenvalue weighted by atomic mass is 19.1. The Morgan fingerprint density at radius 3 is 2.67 bits per heavy atom. The molecule has 0 fully saturated rings. The lowest BCUT2D eigenvalue weighted by Gasteiger charge is -2.06. The van der Waals surface area contributed by atoms with Crippen molar-refractivity contribution < 1.29 is 23.5 Å². The maximum atomic E-state index is 12.9. The van der Waals surface area contributed by atoms with E-state index in [0.717, 1.165) is 12.1 Å². The summed E-state index contributed by atoms with van der Waals surface area (Å²) in [5.41, 5.74) is -0.319. The number of anilines is 1. The molecule has 2 rings (SSSR count). The van der Waals surface area contributed by atoms with Crippen molar-refractivity contribution in [3.05, 3.63) is 53.7 Å². The SMILES string of the molecule is O=C(Nc1ccc(F)cc1C(=O)O)c1ccco1. The first-order valence-corrected chi connectivity index (χ1v) is 4.95. The summed E-state index contributed by atoms with van der Waals surface area (Å²) < 4.78 is 17.8. The van der Waals surface area contributed by atoms with Gasteiger partial charge in [0.05, 0.1) is 17.5 Å². The molecule has 0 unspecified atom stereocenters. The van der Waals surface area contributed by atoms with E-state index in [1.165, 1.54) is 24.5 Å². The van der Waals surface area contributed by atoms with Crippen LogP contribution in [0, 0.1) is 5.82 Å². The van der Waals surface area contributed by atoms with Gasteiger partial charge < -0.3 is 14.8 Å². The van der Waals surface area contributed by atoms with Crippen molar-refractivity contribution >= 4 is 17.6 Å². The second-order valence-electron chi connectivity index (χ2n) is 3.43. The highest BCUT2D eigenvalue weighted by Gasteiger charge is 2.15. The molecule has 1 aromatic carbocycles. The fraction of sp³-hybridized carbons (Fsp3) is 0. The van der Waals surface area contributed by atoms with E-state index in [2.05, 4.69) is 5.32 Å². The largest absolute Gasteiger partial charge is 0.478 e. The number of carbonyl (C=O) groups is 2. The number of carboxylic acids is 1. The van der Waals surface area contributed by atoms with Gasteiger partial charge in [0.25, 0.3) is 5.91 Å². The summed E-state index contributed by atoms with van der Waals surface area (Å²) in [6.45, 7) is 0. The molecular weight excluding hydrogens is 241 g/mol. The first-order chi connectivity index (χ1) is 8.58. The van der Waals surface area contributed by atoms with Crippen LogP contribution in [0.3, 0.4) is 0 Å². The Kier molecular flexibility index (Phi) is 3.09. The van der Waals surface area contributed by atoms with Crippen LogP contribution in [0.1, 0.15) is 20.9 Å². The number of carboxylic acid groups (broad SMARTS) is 1. The summed E-state index contributed by atoms with van der Waals surface area (Å²) >= 11 is 0. The monoisotopic (exact) mass is 249 g/mol. The van der Waals surface area contributed by atoms with Crippen LogP contribution in [0.2, 0.25) is 0 Å². The summed E-state index contributed by atoms with van der Waals surface area (Å²) in [5, 5.41) is 11.2. The fourth-order valence-corrected chi connectivity index (χ4v) is 1.39. The number of benzene rings is 1. The number of halogens is 1. The standard InChI is InChI=1S/C12H8FNO4/c13-7-3-4-9(8(6-7)12(16)17)14-11(15)10-2-1-5-18-10/h1-6H,(H,14,15)(H,16,17). The molecule has 6 heteroatoms. The molecule has 0 radical (unpaired) electrons. The number of nitrogens with one attached hydrogen (secondary N) is 1. The lowest BCUT2D eigenvalue weighted by atomic mass is 10.1. The Morgan fingerprint density at radius 1 is 1.28 bits per heavy atom. The summed E-state index contributed by atoms with van der Waals surface area (Å²) in [6.07, 6.45) is 1.32. The lowest BCUT2D eigenvalue weighted by Crippen LogP contribution is -2.14. The molecule has 0 bridgehead atoms. The molecule has 0 atom stereocenters. The van der Waals surface area contributed by atoms with Crippen LogP contribution in [0.5, 0.6) is 0 Å². The molecule has 0 aliphatic carbocycles. The van der Waals surface area contributed by atoms with Crippen LogP contribution >= 0.6 is 0 Å². The maximum absolute atomic E-state index is 12.9. The van der Waals surface area contributed by atoms with Crippen molar-refractivity contribution in [2.75, 3.05) is 5.32 Å². The van der Waals surface area contributed by atoms with Gasteiger partial charge in [0.2, 0.25) is 0 Å². The molecule has 2 aromatic rings. The van der Waals surface area contributed by atoms with Crippen molar-refractivity contribution in [2.45, 2.75) is 0 Å². The maximum Gasteiger partial charge on any atom is 0.337 e. The number of furan rings is 1. The Bertz CT molecular complexity index is 592.